The van der Waals surface area contributed by atoms with Crippen LogP contribution in [0.4, 0.5) is 17.1 Å². The monoisotopic (exact) mass is 302 g/mol. The topological polar surface area (TPSA) is 141 Å². The van der Waals surface area contributed by atoms with Gasteiger partial charge in [0.25, 0.3) is 17.1 Å². The minimum absolute atomic E-state index is 0.180. The maximum absolute atomic E-state index is 10.9. The fourth-order valence-electron chi connectivity index (χ4n) is 1.36. The lowest BCUT2D eigenvalue weighted by Gasteiger charge is -2.04. The first kappa shape index (κ1) is 15.8. The molecular weight excluding hydrogens is 292 g/mol. The number of non-ortho nitro benzene ring substituents is 1. The van der Waals surface area contributed by atoms with Gasteiger partial charge in [0.05, 0.1) is 26.9 Å². The molecule has 0 amide bonds. The number of nitrogens with zero attached hydrogens (tertiary/aromatic N) is 3. The molecule has 0 atom stereocenters. The highest BCUT2D eigenvalue weighted by atomic mass is 32.2. The Kier molecular flexibility index (Phi) is 5.34. The molecule has 1 rings (SSSR count). The third-order valence-electron chi connectivity index (χ3n) is 2.24. The number of nitro benzene ring substituents is 3. The highest BCUT2D eigenvalue weighted by molar-refractivity contribution is 7.99. The molecule has 10 nitrogen and oxygen atoms in total. The zero-order valence-corrected chi connectivity index (χ0v) is 11.1. The quantitative estimate of drug-likeness (QED) is 0.347. The van der Waals surface area contributed by atoms with Crippen molar-refractivity contribution < 1.29 is 14.8 Å². The largest absolute Gasteiger partial charge is 0.319 e. The molecule has 11 heteroatoms. The molecular formula is C9H10N4O6S. The molecule has 1 aromatic carbocycles. The lowest BCUT2D eigenvalue weighted by Crippen LogP contribution is -2.10. The Labute approximate surface area is 116 Å². The summed E-state index contributed by atoms with van der Waals surface area (Å²) >= 11 is 0.907. The normalized spacial score (nSPS) is 10.2. The van der Waals surface area contributed by atoms with Gasteiger partial charge in [0.1, 0.15) is 0 Å². The average molecular weight is 302 g/mol. The zero-order valence-electron chi connectivity index (χ0n) is 10.3. The number of thioether (sulfide) groups is 1. The number of nitro groups is 3. The average Bonchev–Trinajstić information content (AvgIpc) is 2.37. The van der Waals surface area contributed by atoms with Crippen molar-refractivity contribution in [3.63, 3.8) is 0 Å². The number of hydrogen-bond acceptors (Lipinski definition) is 8. The lowest BCUT2D eigenvalue weighted by atomic mass is 10.2. The first-order valence-corrected chi connectivity index (χ1v) is 6.25. The van der Waals surface area contributed by atoms with Gasteiger partial charge in [0.15, 0.2) is 4.90 Å². The fourth-order valence-corrected chi connectivity index (χ4v) is 2.44. The number of nitrogens with one attached hydrogen (secondary N) is 1. The van der Waals surface area contributed by atoms with Crippen molar-refractivity contribution in [2.45, 2.75) is 4.90 Å². The molecule has 0 aliphatic rings. The van der Waals surface area contributed by atoms with E-state index in [-0.39, 0.29) is 4.90 Å². The molecule has 0 heterocycles. The predicted octanol–water partition coefficient (Wildman–Crippen LogP) is 1.72. The van der Waals surface area contributed by atoms with Crippen LogP contribution in [0.5, 0.6) is 0 Å². The fraction of sp³-hybridized carbons (Fsp3) is 0.333. The van der Waals surface area contributed by atoms with Gasteiger partial charge in [-0.3, -0.25) is 30.3 Å². The molecule has 0 saturated heterocycles. The van der Waals surface area contributed by atoms with E-state index in [0.717, 1.165) is 23.9 Å². The van der Waals surface area contributed by atoms with Gasteiger partial charge in [-0.1, -0.05) is 0 Å². The molecule has 20 heavy (non-hydrogen) atoms. The smallest absolute Gasteiger partial charge is 0.296 e. The number of hydrogen-bond donors (Lipinski definition) is 1. The third kappa shape index (κ3) is 3.61. The van der Waals surface area contributed by atoms with Gasteiger partial charge >= 0.3 is 0 Å². The van der Waals surface area contributed by atoms with Gasteiger partial charge in [-0.2, -0.15) is 0 Å². The molecule has 0 bridgehead atoms. The summed E-state index contributed by atoms with van der Waals surface area (Å²) in [5, 5.41) is 35.3. The molecule has 0 fully saturated rings. The van der Waals surface area contributed by atoms with Crippen molar-refractivity contribution in [3.8, 4) is 0 Å². The van der Waals surface area contributed by atoms with Gasteiger partial charge in [0.2, 0.25) is 0 Å². The van der Waals surface area contributed by atoms with E-state index in [2.05, 4.69) is 5.32 Å². The minimum atomic E-state index is -0.901. The zero-order chi connectivity index (χ0) is 15.3. The molecule has 1 N–H and O–H groups in total. The molecule has 0 saturated carbocycles. The van der Waals surface area contributed by atoms with E-state index in [9.17, 15) is 30.3 Å². The van der Waals surface area contributed by atoms with Gasteiger partial charge in [0, 0.05) is 12.3 Å². The molecule has 0 unspecified atom stereocenters. The van der Waals surface area contributed by atoms with Crippen LogP contribution < -0.4 is 5.32 Å². The maximum atomic E-state index is 10.9. The van der Waals surface area contributed by atoms with Crippen molar-refractivity contribution >= 4 is 28.8 Å². The third-order valence-corrected chi connectivity index (χ3v) is 3.35. The second-order valence-electron chi connectivity index (χ2n) is 3.54. The van der Waals surface area contributed by atoms with Crippen LogP contribution in [0.3, 0.4) is 0 Å². The highest BCUT2D eigenvalue weighted by Gasteiger charge is 2.30. The molecule has 0 aliphatic carbocycles. The summed E-state index contributed by atoms with van der Waals surface area (Å²) in [7, 11) is 1.67. The predicted molar refractivity (Wildman–Crippen MR) is 71.1 cm³/mol. The van der Waals surface area contributed by atoms with E-state index in [1.54, 1.807) is 7.05 Å². The summed E-state index contributed by atoms with van der Waals surface area (Å²) in [6.07, 6.45) is 0. The first-order chi connectivity index (χ1) is 9.38. The van der Waals surface area contributed by atoms with Gasteiger partial charge in [-0.05, 0) is 7.05 Å². The molecule has 1 aromatic rings. The summed E-state index contributed by atoms with van der Waals surface area (Å²) in [5.74, 6) is 0.357. The van der Waals surface area contributed by atoms with E-state index in [1.807, 2.05) is 0 Å². The second-order valence-corrected chi connectivity index (χ2v) is 4.64. The van der Waals surface area contributed by atoms with E-state index in [1.165, 1.54) is 0 Å². The van der Waals surface area contributed by atoms with E-state index < -0.39 is 31.8 Å². The Hall–Kier alpha value is -2.27. The highest BCUT2D eigenvalue weighted by Crippen LogP contribution is 2.40. The first-order valence-electron chi connectivity index (χ1n) is 5.27. The minimum Gasteiger partial charge on any atom is -0.319 e. The maximum Gasteiger partial charge on any atom is 0.296 e. The second kappa shape index (κ2) is 6.77. The Bertz CT molecular complexity index is 528. The van der Waals surface area contributed by atoms with Crippen molar-refractivity contribution in [2.24, 2.45) is 0 Å². The van der Waals surface area contributed by atoms with Crippen LogP contribution in [0.2, 0.25) is 0 Å². The Morgan fingerprint density at radius 1 is 1.05 bits per heavy atom. The van der Waals surface area contributed by atoms with Crippen molar-refractivity contribution in [1.29, 1.82) is 0 Å². The standard InChI is InChI=1S/C9H10N4O6S/c1-10-2-3-20-9-7(12(16)17)4-6(11(14)15)5-8(9)13(18)19/h4-5,10H,2-3H2,1H3. The van der Waals surface area contributed by atoms with Crippen LogP contribution in [0.15, 0.2) is 17.0 Å². The van der Waals surface area contributed by atoms with Gasteiger partial charge < -0.3 is 5.32 Å². The van der Waals surface area contributed by atoms with E-state index >= 15 is 0 Å². The Balaban J connectivity index is 3.39. The lowest BCUT2D eigenvalue weighted by molar-refractivity contribution is -0.407. The van der Waals surface area contributed by atoms with Crippen LogP contribution in [0.1, 0.15) is 0 Å². The molecule has 0 aliphatic heterocycles. The van der Waals surface area contributed by atoms with Crippen molar-refractivity contribution in [1.82, 2.24) is 5.32 Å². The molecule has 0 radical (unpaired) electrons. The Morgan fingerprint density at radius 3 is 1.90 bits per heavy atom. The summed E-state index contributed by atoms with van der Waals surface area (Å²) < 4.78 is 0. The van der Waals surface area contributed by atoms with Crippen molar-refractivity contribution in [2.75, 3.05) is 19.3 Å². The van der Waals surface area contributed by atoms with Crippen LogP contribution >= 0.6 is 11.8 Å². The van der Waals surface area contributed by atoms with Crippen LogP contribution in [0.25, 0.3) is 0 Å². The SMILES string of the molecule is CNCCSc1c([N+](=O)[O-])cc([N+](=O)[O-])cc1[N+](=O)[O-]. The van der Waals surface area contributed by atoms with Gasteiger partial charge in [-0.15, -0.1) is 11.8 Å². The van der Waals surface area contributed by atoms with Crippen LogP contribution in [0, 0.1) is 30.3 Å². The molecule has 108 valence electrons. The van der Waals surface area contributed by atoms with Gasteiger partial charge in [-0.25, -0.2) is 0 Å². The Morgan fingerprint density at radius 2 is 1.55 bits per heavy atom. The van der Waals surface area contributed by atoms with E-state index in [0.29, 0.717) is 12.3 Å². The van der Waals surface area contributed by atoms with Crippen LogP contribution in [-0.4, -0.2) is 34.1 Å². The summed E-state index contributed by atoms with van der Waals surface area (Å²) in [6, 6.07) is 1.46. The molecule has 0 spiro atoms. The summed E-state index contributed by atoms with van der Waals surface area (Å²) in [4.78, 5) is 29.7. The number of benzene rings is 1. The van der Waals surface area contributed by atoms with Crippen molar-refractivity contribution in [3.05, 3.63) is 42.5 Å². The van der Waals surface area contributed by atoms with Crippen LogP contribution in [-0.2, 0) is 0 Å². The molecule has 0 aromatic heterocycles. The number of rotatable bonds is 7. The summed E-state index contributed by atoms with van der Waals surface area (Å²) in [5.41, 5.74) is -1.94. The summed E-state index contributed by atoms with van der Waals surface area (Å²) in [6.45, 7) is 0.482. The van der Waals surface area contributed by atoms with E-state index in [4.69, 9.17) is 0 Å².